The van der Waals surface area contributed by atoms with Crippen LogP contribution in [0.15, 0.2) is 24.3 Å². The summed E-state index contributed by atoms with van der Waals surface area (Å²) in [5, 5.41) is 9.43. The molecule has 104 valence electrons. The van der Waals surface area contributed by atoms with Crippen molar-refractivity contribution in [2.45, 2.75) is 38.9 Å². The number of rotatable bonds is 4. The molecule has 1 amide bonds. The van der Waals surface area contributed by atoms with Crippen molar-refractivity contribution in [2.75, 3.05) is 13.1 Å². The third kappa shape index (κ3) is 3.47. The van der Waals surface area contributed by atoms with Crippen LogP contribution in [0.1, 0.15) is 38.4 Å². The smallest absolute Gasteiger partial charge is 0.263 e. The van der Waals surface area contributed by atoms with Crippen LogP contribution >= 0.6 is 0 Å². The van der Waals surface area contributed by atoms with E-state index < -0.39 is 12.2 Å². The van der Waals surface area contributed by atoms with Crippen LogP contribution < -0.4 is 4.74 Å². The molecule has 0 aromatic heterocycles. The third-order valence-electron chi connectivity index (χ3n) is 3.44. The van der Waals surface area contributed by atoms with E-state index in [0.717, 1.165) is 31.5 Å². The molecular weight excluding hydrogens is 242 g/mol. The Balaban J connectivity index is 1.94. The van der Waals surface area contributed by atoms with E-state index in [2.05, 4.69) is 0 Å². The number of carbonyl (C=O) groups is 1. The van der Waals surface area contributed by atoms with Gasteiger partial charge in [-0.2, -0.15) is 0 Å². The standard InChI is InChI=1S/C15H21NO3/c1-11(17)13-5-7-14(8-6-13)19-12(2)15(18)16-9-3-4-10-16/h5-8,11-12,17H,3-4,9-10H2,1-2H3/t11-,12?/m1/s1. The van der Waals surface area contributed by atoms with Crippen LogP contribution in [0.2, 0.25) is 0 Å². The van der Waals surface area contributed by atoms with Crippen molar-refractivity contribution in [3.63, 3.8) is 0 Å². The van der Waals surface area contributed by atoms with Gasteiger partial charge < -0.3 is 14.7 Å². The molecule has 0 spiro atoms. The van der Waals surface area contributed by atoms with E-state index in [1.165, 1.54) is 0 Å². The molecule has 1 heterocycles. The SMILES string of the molecule is CC(Oc1ccc([C@@H](C)O)cc1)C(=O)N1CCCC1. The number of ether oxygens (including phenoxy) is 1. The normalized spacial score (nSPS) is 18.2. The highest BCUT2D eigenvalue weighted by atomic mass is 16.5. The lowest BCUT2D eigenvalue weighted by Gasteiger charge is -2.21. The molecule has 1 unspecified atom stereocenters. The summed E-state index contributed by atoms with van der Waals surface area (Å²) in [6, 6.07) is 7.20. The highest BCUT2D eigenvalue weighted by molar-refractivity contribution is 5.81. The summed E-state index contributed by atoms with van der Waals surface area (Å²) < 4.78 is 5.65. The average molecular weight is 263 g/mol. The summed E-state index contributed by atoms with van der Waals surface area (Å²) in [5.74, 6) is 0.710. The number of benzene rings is 1. The number of hydrogen-bond acceptors (Lipinski definition) is 3. The molecule has 1 fully saturated rings. The van der Waals surface area contributed by atoms with Gasteiger partial charge in [0.2, 0.25) is 0 Å². The minimum atomic E-state index is -0.488. The number of carbonyl (C=O) groups excluding carboxylic acids is 1. The zero-order valence-electron chi connectivity index (χ0n) is 11.5. The van der Waals surface area contributed by atoms with Crippen LogP contribution in [0, 0.1) is 0 Å². The van der Waals surface area contributed by atoms with E-state index >= 15 is 0 Å². The Hall–Kier alpha value is -1.55. The lowest BCUT2D eigenvalue weighted by Crippen LogP contribution is -2.38. The fraction of sp³-hybridized carbons (Fsp3) is 0.533. The molecule has 4 heteroatoms. The van der Waals surface area contributed by atoms with Crippen molar-refractivity contribution >= 4 is 5.91 Å². The van der Waals surface area contributed by atoms with Crippen LogP contribution in [0.25, 0.3) is 0 Å². The van der Waals surface area contributed by atoms with Crippen molar-refractivity contribution in [1.82, 2.24) is 4.90 Å². The number of nitrogens with zero attached hydrogens (tertiary/aromatic N) is 1. The molecule has 1 aliphatic heterocycles. The monoisotopic (exact) mass is 263 g/mol. The van der Waals surface area contributed by atoms with Crippen LogP contribution in [0.3, 0.4) is 0 Å². The van der Waals surface area contributed by atoms with Gasteiger partial charge >= 0.3 is 0 Å². The second-order valence-corrected chi connectivity index (χ2v) is 5.04. The van der Waals surface area contributed by atoms with Crippen molar-refractivity contribution in [1.29, 1.82) is 0 Å². The fourth-order valence-electron chi connectivity index (χ4n) is 2.27. The summed E-state index contributed by atoms with van der Waals surface area (Å²) >= 11 is 0. The van der Waals surface area contributed by atoms with Crippen LogP contribution in [0.5, 0.6) is 5.75 Å². The molecule has 0 bridgehead atoms. The largest absolute Gasteiger partial charge is 0.481 e. The Morgan fingerprint density at radius 2 is 1.79 bits per heavy atom. The molecule has 1 saturated heterocycles. The van der Waals surface area contributed by atoms with Gasteiger partial charge in [-0.05, 0) is 44.4 Å². The third-order valence-corrected chi connectivity index (χ3v) is 3.44. The van der Waals surface area contributed by atoms with Gasteiger partial charge in [0.25, 0.3) is 5.91 Å². The van der Waals surface area contributed by atoms with Gasteiger partial charge in [0.1, 0.15) is 5.75 Å². The molecule has 0 radical (unpaired) electrons. The van der Waals surface area contributed by atoms with Crippen molar-refractivity contribution < 1.29 is 14.6 Å². The highest BCUT2D eigenvalue weighted by Crippen LogP contribution is 2.19. The average Bonchev–Trinajstić information content (AvgIpc) is 2.92. The van der Waals surface area contributed by atoms with Crippen molar-refractivity contribution in [3.05, 3.63) is 29.8 Å². The maximum Gasteiger partial charge on any atom is 0.263 e. The van der Waals surface area contributed by atoms with Crippen molar-refractivity contribution in [3.8, 4) is 5.75 Å². The van der Waals surface area contributed by atoms with Gasteiger partial charge in [-0.15, -0.1) is 0 Å². The molecule has 1 aliphatic rings. The van der Waals surface area contributed by atoms with E-state index in [1.54, 1.807) is 26.0 Å². The summed E-state index contributed by atoms with van der Waals surface area (Å²) in [6.07, 6.45) is 1.22. The first-order chi connectivity index (χ1) is 9.08. The summed E-state index contributed by atoms with van der Waals surface area (Å²) in [5.41, 5.74) is 0.839. The molecule has 0 aliphatic carbocycles. The maximum atomic E-state index is 12.1. The van der Waals surface area contributed by atoms with E-state index in [0.29, 0.717) is 5.75 Å². The molecule has 0 saturated carbocycles. The van der Waals surface area contributed by atoms with Gasteiger partial charge in [-0.3, -0.25) is 4.79 Å². The van der Waals surface area contributed by atoms with Crippen LogP contribution in [0.4, 0.5) is 0 Å². The second kappa shape index (κ2) is 6.06. The fourth-order valence-corrected chi connectivity index (χ4v) is 2.27. The highest BCUT2D eigenvalue weighted by Gasteiger charge is 2.24. The summed E-state index contributed by atoms with van der Waals surface area (Å²) in [6.45, 7) is 5.18. The number of amides is 1. The van der Waals surface area contributed by atoms with Gasteiger partial charge in [-0.25, -0.2) is 0 Å². The molecule has 1 aromatic carbocycles. The topological polar surface area (TPSA) is 49.8 Å². The Bertz CT molecular complexity index is 422. The van der Waals surface area contributed by atoms with E-state index in [-0.39, 0.29) is 5.91 Å². The number of aliphatic hydroxyl groups excluding tert-OH is 1. The Labute approximate surface area is 114 Å². The molecular formula is C15H21NO3. The second-order valence-electron chi connectivity index (χ2n) is 5.04. The maximum absolute atomic E-state index is 12.1. The van der Waals surface area contributed by atoms with Crippen molar-refractivity contribution in [2.24, 2.45) is 0 Å². The minimum Gasteiger partial charge on any atom is -0.481 e. The first kappa shape index (κ1) is 13.9. The zero-order valence-corrected chi connectivity index (χ0v) is 11.5. The van der Waals surface area contributed by atoms with E-state index in [1.807, 2.05) is 17.0 Å². The molecule has 2 rings (SSSR count). The van der Waals surface area contributed by atoms with E-state index in [9.17, 15) is 9.90 Å². The Morgan fingerprint density at radius 3 is 2.32 bits per heavy atom. The van der Waals surface area contributed by atoms with Gasteiger partial charge in [0.05, 0.1) is 6.10 Å². The van der Waals surface area contributed by atoms with E-state index in [4.69, 9.17) is 4.74 Å². The summed E-state index contributed by atoms with van der Waals surface area (Å²) in [7, 11) is 0. The molecule has 1 aromatic rings. The van der Waals surface area contributed by atoms with Gasteiger partial charge in [-0.1, -0.05) is 12.1 Å². The number of hydrogen-bond donors (Lipinski definition) is 1. The minimum absolute atomic E-state index is 0.0529. The van der Waals surface area contributed by atoms with Crippen LogP contribution in [-0.2, 0) is 4.79 Å². The Kier molecular flexibility index (Phi) is 4.43. The molecule has 19 heavy (non-hydrogen) atoms. The first-order valence-electron chi connectivity index (χ1n) is 6.81. The molecule has 4 nitrogen and oxygen atoms in total. The molecule has 1 N–H and O–H groups in total. The number of likely N-dealkylation sites (tertiary alicyclic amines) is 1. The Morgan fingerprint density at radius 1 is 1.21 bits per heavy atom. The lowest BCUT2D eigenvalue weighted by molar-refractivity contribution is -0.136. The molecule has 2 atom stereocenters. The van der Waals surface area contributed by atoms with Crippen LogP contribution in [-0.4, -0.2) is 35.1 Å². The predicted octanol–water partition coefficient (Wildman–Crippen LogP) is 2.13. The quantitative estimate of drug-likeness (QED) is 0.905. The predicted molar refractivity (Wildman–Crippen MR) is 73.0 cm³/mol. The lowest BCUT2D eigenvalue weighted by atomic mass is 10.1. The van der Waals surface area contributed by atoms with Gasteiger partial charge in [0.15, 0.2) is 6.10 Å². The first-order valence-corrected chi connectivity index (χ1v) is 6.81. The zero-order chi connectivity index (χ0) is 13.8. The summed E-state index contributed by atoms with van der Waals surface area (Å²) in [4.78, 5) is 13.9. The van der Waals surface area contributed by atoms with Gasteiger partial charge in [0, 0.05) is 13.1 Å². The number of aliphatic hydroxyl groups is 1.